The highest BCUT2D eigenvalue weighted by Crippen LogP contribution is 2.30. The standard InChI is InChI=1S/C53H95NO13/c1-3-5-7-9-11-13-15-16-17-18-19-20-21-22-23-24-25-27-28-30-32-34-36-42(57)41(54-45(58)37-35-33-31-29-26-14-12-10-8-6-4-2)40-64-52-50(63)48(61)51(44(39-56)66-52)67-53-49(62)47(60)46(59)43(38-55)65-53/h10,12,22-23,27-28,34,36,41-44,46-53,55-57,59-63H,3-9,11,13-21,24-26,29-33,35,37-40H2,1-2H3,(H,54,58)/b12-10-,23-22+,28-27+,36-34+. The summed E-state index contributed by atoms with van der Waals surface area (Å²) in [5.74, 6) is -0.266. The fourth-order valence-corrected chi connectivity index (χ4v) is 8.36. The highest BCUT2D eigenvalue weighted by molar-refractivity contribution is 5.76. The molecular weight excluding hydrogens is 859 g/mol. The van der Waals surface area contributed by atoms with Crippen molar-refractivity contribution in [3.63, 3.8) is 0 Å². The first-order chi connectivity index (χ1) is 32.6. The fraction of sp³-hybridized carbons (Fsp3) is 0.830. The number of carbonyl (C=O) groups excluding carboxylic acids is 1. The molecule has 14 heteroatoms. The summed E-state index contributed by atoms with van der Waals surface area (Å²) in [6.07, 6.45) is 30.2. The van der Waals surface area contributed by atoms with Crippen LogP contribution in [0.15, 0.2) is 48.6 Å². The van der Waals surface area contributed by atoms with E-state index in [-0.39, 0.29) is 18.9 Å². The third-order valence-corrected chi connectivity index (χ3v) is 12.7. The van der Waals surface area contributed by atoms with Crippen molar-refractivity contribution in [1.82, 2.24) is 5.32 Å². The highest BCUT2D eigenvalue weighted by Gasteiger charge is 2.51. The van der Waals surface area contributed by atoms with Gasteiger partial charge in [-0.15, -0.1) is 0 Å². The molecule has 12 atom stereocenters. The summed E-state index contributed by atoms with van der Waals surface area (Å²) in [4.78, 5) is 13.1. The Morgan fingerprint density at radius 1 is 0.522 bits per heavy atom. The summed E-state index contributed by atoms with van der Waals surface area (Å²) in [7, 11) is 0. The maximum absolute atomic E-state index is 13.1. The number of rotatable bonds is 40. The number of carbonyl (C=O) groups is 1. The molecule has 2 fully saturated rings. The maximum atomic E-state index is 13.1. The van der Waals surface area contributed by atoms with Crippen molar-refractivity contribution < 1.29 is 64.6 Å². The van der Waals surface area contributed by atoms with E-state index in [2.05, 4.69) is 55.6 Å². The molecule has 0 spiro atoms. The van der Waals surface area contributed by atoms with Gasteiger partial charge in [-0.2, -0.15) is 0 Å². The average molecular weight is 954 g/mol. The van der Waals surface area contributed by atoms with E-state index in [0.717, 1.165) is 64.2 Å². The highest BCUT2D eigenvalue weighted by atomic mass is 16.7. The van der Waals surface area contributed by atoms with E-state index in [9.17, 15) is 45.6 Å². The van der Waals surface area contributed by atoms with Gasteiger partial charge in [0.1, 0.15) is 48.8 Å². The summed E-state index contributed by atoms with van der Waals surface area (Å²) in [5, 5.41) is 86.7. The van der Waals surface area contributed by atoms with Crippen molar-refractivity contribution in [2.45, 2.75) is 261 Å². The molecule has 2 aliphatic rings. The minimum Gasteiger partial charge on any atom is -0.394 e. The summed E-state index contributed by atoms with van der Waals surface area (Å²) < 4.78 is 22.7. The van der Waals surface area contributed by atoms with Crippen LogP contribution in [0.4, 0.5) is 0 Å². The van der Waals surface area contributed by atoms with Crippen LogP contribution in [0, 0.1) is 0 Å². The number of hydrogen-bond acceptors (Lipinski definition) is 13. The molecule has 12 unspecified atom stereocenters. The summed E-state index contributed by atoms with van der Waals surface area (Å²) >= 11 is 0. The molecule has 0 aromatic rings. The molecule has 0 radical (unpaired) electrons. The summed E-state index contributed by atoms with van der Waals surface area (Å²) in [5.41, 5.74) is 0. The van der Waals surface area contributed by atoms with Crippen LogP contribution < -0.4 is 5.32 Å². The molecule has 67 heavy (non-hydrogen) atoms. The summed E-state index contributed by atoms with van der Waals surface area (Å²) in [6, 6.07) is -0.941. The Bertz CT molecular complexity index is 1310. The molecule has 1 amide bonds. The lowest BCUT2D eigenvalue weighted by Crippen LogP contribution is -2.65. The Kier molecular flexibility index (Phi) is 36.1. The van der Waals surface area contributed by atoms with Crippen LogP contribution in [0.1, 0.15) is 187 Å². The van der Waals surface area contributed by atoms with Crippen molar-refractivity contribution in [2.75, 3.05) is 19.8 Å². The first-order valence-electron chi connectivity index (χ1n) is 26.4. The normalized spacial score (nSPS) is 27.0. The third kappa shape index (κ3) is 26.7. The van der Waals surface area contributed by atoms with Gasteiger partial charge < -0.3 is 65.1 Å². The van der Waals surface area contributed by atoms with Crippen molar-refractivity contribution in [1.29, 1.82) is 0 Å². The number of aliphatic hydroxyl groups is 8. The number of aliphatic hydroxyl groups excluding tert-OH is 8. The van der Waals surface area contributed by atoms with Crippen molar-refractivity contribution >= 4 is 5.91 Å². The third-order valence-electron chi connectivity index (χ3n) is 12.7. The number of ether oxygens (including phenoxy) is 4. The molecule has 2 aliphatic heterocycles. The van der Waals surface area contributed by atoms with Crippen molar-refractivity contribution in [2.24, 2.45) is 0 Å². The smallest absolute Gasteiger partial charge is 0.220 e. The Morgan fingerprint density at radius 3 is 1.51 bits per heavy atom. The second-order valence-electron chi connectivity index (χ2n) is 18.6. The molecule has 0 aromatic carbocycles. The number of hydrogen-bond donors (Lipinski definition) is 9. The van der Waals surface area contributed by atoms with Crippen LogP contribution in [-0.4, -0.2) is 140 Å². The van der Waals surface area contributed by atoms with Gasteiger partial charge in [0, 0.05) is 6.42 Å². The lowest BCUT2D eigenvalue weighted by molar-refractivity contribution is -0.359. The number of nitrogens with one attached hydrogen (secondary N) is 1. The largest absolute Gasteiger partial charge is 0.394 e. The van der Waals surface area contributed by atoms with Gasteiger partial charge in [-0.1, -0.05) is 165 Å². The SMILES string of the molecule is CCCC/C=C\CCCCCCCC(=O)NC(COC1OC(CO)C(OC2OC(CO)C(O)C(O)C2O)C(O)C1O)C(O)/C=C/CC/C=C/CC/C=C/CCCCCCCCCCCCCC. The van der Waals surface area contributed by atoms with Gasteiger partial charge in [-0.25, -0.2) is 0 Å². The Balaban J connectivity index is 1.84. The number of allylic oxidation sites excluding steroid dienone is 7. The fourth-order valence-electron chi connectivity index (χ4n) is 8.36. The van der Waals surface area contributed by atoms with Crippen LogP contribution in [0.25, 0.3) is 0 Å². The van der Waals surface area contributed by atoms with E-state index < -0.39 is 86.8 Å². The quantitative estimate of drug-likeness (QED) is 0.0218. The zero-order chi connectivity index (χ0) is 48.9. The van der Waals surface area contributed by atoms with Gasteiger partial charge in [0.05, 0.1) is 32.0 Å². The minimum absolute atomic E-state index is 0.258. The lowest BCUT2D eigenvalue weighted by Gasteiger charge is -2.46. The van der Waals surface area contributed by atoms with Gasteiger partial charge in [-0.05, 0) is 64.2 Å². The number of unbranched alkanes of at least 4 members (excludes halogenated alkanes) is 21. The van der Waals surface area contributed by atoms with Crippen LogP contribution in [0.5, 0.6) is 0 Å². The molecule has 2 saturated heterocycles. The van der Waals surface area contributed by atoms with Gasteiger partial charge >= 0.3 is 0 Å². The van der Waals surface area contributed by atoms with Crippen molar-refractivity contribution in [3.8, 4) is 0 Å². The molecule has 2 heterocycles. The van der Waals surface area contributed by atoms with E-state index in [1.807, 2.05) is 6.08 Å². The van der Waals surface area contributed by atoms with E-state index in [1.54, 1.807) is 6.08 Å². The molecule has 2 rings (SSSR count). The predicted octanol–water partition coefficient (Wildman–Crippen LogP) is 7.27. The van der Waals surface area contributed by atoms with E-state index in [0.29, 0.717) is 12.8 Å². The second-order valence-corrected chi connectivity index (χ2v) is 18.6. The molecule has 0 aliphatic carbocycles. The molecule has 9 N–H and O–H groups in total. The molecule has 14 nitrogen and oxygen atoms in total. The van der Waals surface area contributed by atoms with E-state index in [4.69, 9.17) is 18.9 Å². The second kappa shape index (κ2) is 39.6. The first-order valence-corrected chi connectivity index (χ1v) is 26.4. The van der Waals surface area contributed by atoms with Gasteiger partial charge in [0.2, 0.25) is 5.91 Å². The first kappa shape index (κ1) is 61.1. The van der Waals surface area contributed by atoms with Crippen LogP contribution in [0.3, 0.4) is 0 Å². The van der Waals surface area contributed by atoms with E-state index >= 15 is 0 Å². The van der Waals surface area contributed by atoms with Crippen LogP contribution >= 0.6 is 0 Å². The Labute approximate surface area is 403 Å². The lowest BCUT2D eigenvalue weighted by atomic mass is 9.97. The van der Waals surface area contributed by atoms with Gasteiger partial charge in [0.15, 0.2) is 12.6 Å². The Morgan fingerprint density at radius 2 is 0.970 bits per heavy atom. The molecule has 0 saturated carbocycles. The summed E-state index contributed by atoms with van der Waals surface area (Å²) in [6.45, 7) is 2.70. The molecular formula is C53H95NO13. The van der Waals surface area contributed by atoms with E-state index in [1.165, 1.54) is 89.9 Å². The molecule has 390 valence electrons. The predicted molar refractivity (Wildman–Crippen MR) is 263 cm³/mol. The topological polar surface area (TPSA) is 228 Å². The molecule has 0 aromatic heterocycles. The minimum atomic E-state index is -1.79. The average Bonchev–Trinajstić information content (AvgIpc) is 3.32. The van der Waals surface area contributed by atoms with Crippen LogP contribution in [0.2, 0.25) is 0 Å². The van der Waals surface area contributed by atoms with Gasteiger partial charge in [0.25, 0.3) is 0 Å². The monoisotopic (exact) mass is 954 g/mol. The van der Waals surface area contributed by atoms with Gasteiger partial charge in [-0.3, -0.25) is 4.79 Å². The Hall–Kier alpha value is -2.05. The van der Waals surface area contributed by atoms with Crippen molar-refractivity contribution in [3.05, 3.63) is 48.6 Å². The maximum Gasteiger partial charge on any atom is 0.220 e. The zero-order valence-electron chi connectivity index (χ0n) is 41.4. The van der Waals surface area contributed by atoms with Crippen LogP contribution in [-0.2, 0) is 23.7 Å². The zero-order valence-corrected chi connectivity index (χ0v) is 41.4. The molecule has 0 bridgehead atoms. The number of amides is 1.